The highest BCUT2D eigenvalue weighted by atomic mass is 32.1. The summed E-state index contributed by atoms with van der Waals surface area (Å²) in [6, 6.07) is 0. The van der Waals surface area contributed by atoms with Crippen LogP contribution in [-0.2, 0) is 23.7 Å². The molecule has 0 radical (unpaired) electrons. The van der Waals surface area contributed by atoms with E-state index in [1.165, 1.54) is 0 Å². The highest BCUT2D eigenvalue weighted by Crippen LogP contribution is 2.56. The lowest BCUT2D eigenvalue weighted by molar-refractivity contribution is -0.562. The Morgan fingerprint density at radius 1 is 0.518 bits per heavy atom. The number of carbonyl (C=O) groups excluding carboxylic acids is 1. The van der Waals surface area contributed by atoms with Crippen LogP contribution in [0.25, 0.3) is 0 Å². The molecule has 0 fully saturated rings. The largest absolute Gasteiger partial charge is 0.458 e. The van der Waals surface area contributed by atoms with Crippen LogP contribution in [0.2, 0.25) is 0 Å². The van der Waals surface area contributed by atoms with E-state index in [1.54, 1.807) is 4.74 Å². The van der Waals surface area contributed by atoms with Crippen LogP contribution in [0.5, 0.6) is 0 Å². The lowest BCUT2D eigenvalue weighted by Gasteiger charge is -2.42. The Morgan fingerprint density at radius 3 is 1.29 bits per heavy atom. The molecule has 0 bridgehead atoms. The molecule has 0 aromatic rings. The van der Waals surface area contributed by atoms with Crippen molar-refractivity contribution in [3.05, 3.63) is 0 Å². The molecular formula is C25H27F24NO5S. The first-order chi connectivity index (χ1) is 24.8. The third kappa shape index (κ3) is 12.7. The fraction of sp³-hybridized carbons (Fsp3) is 0.960. The van der Waals surface area contributed by atoms with Gasteiger partial charge in [0.25, 0.3) is 12.1 Å². The predicted octanol–water partition coefficient (Wildman–Crippen LogP) is 10.2. The zero-order valence-corrected chi connectivity index (χ0v) is 28.0. The molecule has 0 aliphatic carbocycles. The predicted molar refractivity (Wildman–Crippen MR) is 138 cm³/mol. The summed E-state index contributed by atoms with van der Waals surface area (Å²) in [6.45, 7) is -9.76. The van der Waals surface area contributed by atoms with Gasteiger partial charge in [0.2, 0.25) is 0 Å². The summed E-state index contributed by atoms with van der Waals surface area (Å²) in [7, 11) is 0. The Labute approximate surface area is 303 Å². The van der Waals surface area contributed by atoms with Gasteiger partial charge in [-0.15, -0.1) is 0 Å². The molecule has 5 atom stereocenters. The van der Waals surface area contributed by atoms with Crippen LogP contribution in [0.4, 0.5) is 105 Å². The fourth-order valence-electron chi connectivity index (χ4n) is 3.69. The van der Waals surface area contributed by atoms with Crippen molar-refractivity contribution < 1.29 is 129 Å². The molecule has 0 saturated carbocycles. The Bertz CT molecular complexity index is 1240. The topological polar surface area (TPSA) is 66.0 Å². The number of alkyl halides is 24. The van der Waals surface area contributed by atoms with Crippen LogP contribution in [0, 0.1) is 0 Å². The van der Waals surface area contributed by atoms with Crippen LogP contribution < -0.4 is 5.32 Å². The van der Waals surface area contributed by atoms with E-state index in [9.17, 15) is 110 Å². The molecule has 0 saturated heterocycles. The standard InChI is InChI=1S/C25H27F24NO5S/c26-11-15(29,52-19(35,36)13(28)18(32,33)34)24(46,47)55-20(37,22(41,42)43)25(48,49)53-16(30,12-27)23(44,45)54-17(31,21(38,39)40)14(51)50-9-7-5-3-1-2-4-6-8-10-56/h13,56H,1-12H2,(H,50,51). The Balaban J connectivity index is 6.57. The van der Waals surface area contributed by atoms with Gasteiger partial charge in [-0.2, -0.15) is 105 Å². The number of hydrogen-bond acceptors (Lipinski definition) is 6. The zero-order chi connectivity index (χ0) is 44.7. The van der Waals surface area contributed by atoms with Gasteiger partial charge < -0.3 is 5.32 Å². The molecule has 0 aromatic carbocycles. The molecule has 31 heteroatoms. The molecule has 0 spiro atoms. The van der Waals surface area contributed by atoms with Crippen molar-refractivity contribution in [2.75, 3.05) is 25.6 Å². The van der Waals surface area contributed by atoms with Crippen LogP contribution in [-0.4, -0.2) is 104 Å². The SMILES string of the molecule is O=C(NCCCCCCCCCCS)C(F)(OC(F)(F)C(F)(CF)OC(F)(F)C(F)(OC(F)(F)C(F)(CF)OC(F)(F)C(F)C(F)(F)F)C(F)(F)F)C(F)(F)F. The number of rotatable bonds is 25. The number of ether oxygens (including phenoxy) is 4. The first-order valence-corrected chi connectivity index (χ1v) is 15.4. The van der Waals surface area contributed by atoms with Gasteiger partial charge in [0.15, 0.2) is 13.3 Å². The van der Waals surface area contributed by atoms with E-state index < -0.39 is 98.4 Å². The quantitative estimate of drug-likeness (QED) is 0.0543. The smallest absolute Gasteiger partial charge is 0.351 e. The number of carbonyl (C=O) groups is 1. The minimum atomic E-state index is -8.41. The number of amides is 1. The molecule has 5 unspecified atom stereocenters. The normalized spacial score (nSPS) is 19.1. The van der Waals surface area contributed by atoms with Gasteiger partial charge in [-0.3, -0.25) is 23.7 Å². The maximum atomic E-state index is 14.8. The molecule has 1 N–H and O–H groups in total. The Morgan fingerprint density at radius 2 is 0.911 bits per heavy atom. The average molecular weight is 910 g/mol. The summed E-state index contributed by atoms with van der Waals surface area (Å²) < 4.78 is 335. The Hall–Kier alpha value is -2.02. The monoisotopic (exact) mass is 909 g/mol. The molecule has 0 heterocycles. The second-order valence-corrected chi connectivity index (χ2v) is 11.6. The van der Waals surface area contributed by atoms with Crippen molar-refractivity contribution in [2.24, 2.45) is 0 Å². The summed E-state index contributed by atoms with van der Waals surface area (Å²) in [5, 5.41) is 0.974. The maximum Gasteiger partial charge on any atom is 0.458 e. The summed E-state index contributed by atoms with van der Waals surface area (Å²) in [6.07, 6.45) is -56.1. The minimum absolute atomic E-state index is 0.0478. The van der Waals surface area contributed by atoms with Crippen LogP contribution in [0.3, 0.4) is 0 Å². The van der Waals surface area contributed by atoms with Crippen LogP contribution in [0.15, 0.2) is 0 Å². The van der Waals surface area contributed by atoms with Gasteiger partial charge in [-0.05, 0) is 18.6 Å². The third-order valence-electron chi connectivity index (χ3n) is 6.69. The summed E-state index contributed by atoms with van der Waals surface area (Å²) >= 11 is 3.97. The molecule has 1 amide bonds. The van der Waals surface area contributed by atoms with Crippen LogP contribution >= 0.6 is 12.6 Å². The molecule has 336 valence electrons. The first-order valence-electron chi connectivity index (χ1n) is 14.8. The number of thiol groups is 1. The maximum absolute atomic E-state index is 14.8. The second-order valence-electron chi connectivity index (χ2n) is 11.1. The van der Waals surface area contributed by atoms with E-state index in [2.05, 4.69) is 17.4 Å². The minimum Gasteiger partial charge on any atom is -0.351 e. The first kappa shape index (κ1) is 54.0. The number of halogens is 24. The fourth-order valence-corrected chi connectivity index (χ4v) is 3.91. The molecular weight excluding hydrogens is 882 g/mol. The number of hydrogen-bond donors (Lipinski definition) is 2. The van der Waals surface area contributed by atoms with E-state index in [4.69, 9.17) is 0 Å². The molecule has 56 heavy (non-hydrogen) atoms. The van der Waals surface area contributed by atoms with Crippen molar-refractivity contribution in [1.82, 2.24) is 5.32 Å². The van der Waals surface area contributed by atoms with Gasteiger partial charge in [0.1, 0.15) is 0 Å². The van der Waals surface area contributed by atoms with Crippen molar-refractivity contribution in [3.8, 4) is 0 Å². The molecule has 0 aromatic heterocycles. The highest BCUT2D eigenvalue weighted by Gasteiger charge is 2.83. The third-order valence-corrected chi connectivity index (χ3v) is 7.00. The highest BCUT2D eigenvalue weighted by molar-refractivity contribution is 7.80. The van der Waals surface area contributed by atoms with Crippen molar-refractivity contribution in [2.45, 2.75) is 124 Å². The lowest BCUT2D eigenvalue weighted by atomic mass is 10.1. The second kappa shape index (κ2) is 18.9. The van der Waals surface area contributed by atoms with E-state index in [1.807, 2.05) is 9.47 Å². The zero-order valence-electron chi connectivity index (χ0n) is 27.1. The lowest BCUT2D eigenvalue weighted by Crippen LogP contribution is -2.69. The van der Waals surface area contributed by atoms with Crippen LogP contribution in [0.1, 0.15) is 51.4 Å². The Kier molecular flexibility index (Phi) is 18.2. The number of unbranched alkanes of at least 4 members (excludes halogenated alkanes) is 7. The molecule has 0 aliphatic heterocycles. The van der Waals surface area contributed by atoms with E-state index in [0.29, 0.717) is 25.0 Å². The molecule has 0 aliphatic rings. The van der Waals surface area contributed by atoms with Gasteiger partial charge in [-0.1, -0.05) is 38.5 Å². The van der Waals surface area contributed by atoms with Gasteiger partial charge in [0.05, 0.1) is 0 Å². The van der Waals surface area contributed by atoms with Gasteiger partial charge in [-0.25, -0.2) is 13.2 Å². The van der Waals surface area contributed by atoms with Crippen molar-refractivity contribution in [1.29, 1.82) is 0 Å². The molecule has 6 nitrogen and oxygen atoms in total. The van der Waals surface area contributed by atoms with Crippen molar-refractivity contribution >= 4 is 18.5 Å². The summed E-state index contributed by atoms with van der Waals surface area (Å²) in [5.74, 6) is -32.3. The van der Waals surface area contributed by atoms with E-state index in [-0.39, 0.29) is 12.8 Å². The van der Waals surface area contributed by atoms with Gasteiger partial charge >= 0.3 is 66.4 Å². The molecule has 0 rings (SSSR count). The van der Waals surface area contributed by atoms with Crippen molar-refractivity contribution in [3.63, 3.8) is 0 Å². The van der Waals surface area contributed by atoms with E-state index >= 15 is 0 Å². The average Bonchev–Trinajstić information content (AvgIpc) is 3.02. The summed E-state index contributed by atoms with van der Waals surface area (Å²) in [5.41, 5.74) is 0. The summed E-state index contributed by atoms with van der Waals surface area (Å²) in [4.78, 5) is 11.9. The van der Waals surface area contributed by atoms with Gasteiger partial charge in [0, 0.05) is 6.54 Å². The number of nitrogens with one attached hydrogen (secondary N) is 1. The van der Waals surface area contributed by atoms with E-state index in [0.717, 1.165) is 24.6 Å².